The fourth-order valence-electron chi connectivity index (χ4n) is 3.48. The van der Waals surface area contributed by atoms with Crippen LogP contribution in [0.2, 0.25) is 0 Å². The molecule has 46 heavy (non-hydrogen) atoms. The van der Waals surface area contributed by atoms with Gasteiger partial charge in [0.1, 0.15) is 11.5 Å². The van der Waals surface area contributed by atoms with Crippen LogP contribution in [0.1, 0.15) is 53.5 Å². The number of carbonyl (C=O) groups excluding carboxylic acids is 2. The molecule has 1 atom stereocenters. The molecule has 0 heterocycles. The van der Waals surface area contributed by atoms with Crippen molar-refractivity contribution in [2.75, 3.05) is 32.6 Å². The molecule has 2 aromatic carbocycles. The number of ether oxygens (including phenoxy) is 5. The molecule has 0 aromatic heterocycles. The predicted molar refractivity (Wildman–Crippen MR) is 172 cm³/mol. The number of carbonyl (C=O) groups is 2. The maximum atomic E-state index is 14.0. The van der Waals surface area contributed by atoms with Gasteiger partial charge in [0.2, 0.25) is 13.6 Å². The van der Waals surface area contributed by atoms with E-state index in [1.54, 1.807) is 36.4 Å². The summed E-state index contributed by atoms with van der Waals surface area (Å²) in [6.45, 7) is 9.11. The van der Waals surface area contributed by atoms with Crippen molar-refractivity contribution in [2.45, 2.75) is 60.0 Å². The summed E-state index contributed by atoms with van der Waals surface area (Å²) in [5, 5.41) is 0. The van der Waals surface area contributed by atoms with Gasteiger partial charge in [-0.1, -0.05) is 71.9 Å². The van der Waals surface area contributed by atoms with Gasteiger partial charge in [-0.15, -0.1) is 0 Å². The van der Waals surface area contributed by atoms with Gasteiger partial charge < -0.3 is 23.7 Å². The second kappa shape index (κ2) is 19.5. The zero-order valence-electron chi connectivity index (χ0n) is 26.4. The van der Waals surface area contributed by atoms with Crippen LogP contribution in [-0.4, -0.2) is 115 Å². The van der Waals surface area contributed by atoms with Crippen LogP contribution < -0.4 is 4.74 Å². The molecule has 16 heteroatoms. The van der Waals surface area contributed by atoms with E-state index in [1.807, 2.05) is 59.7 Å². The summed E-state index contributed by atoms with van der Waals surface area (Å²) in [7, 11) is -9.30. The Morgan fingerprint density at radius 3 is 1.76 bits per heavy atom. The second-order valence-corrected chi connectivity index (χ2v) is 16.3. The van der Waals surface area contributed by atoms with Gasteiger partial charge in [-0.3, -0.25) is 18.2 Å². The quantitative estimate of drug-likeness (QED) is 0.0653. The van der Waals surface area contributed by atoms with Crippen LogP contribution >= 0.6 is 7.60 Å². The maximum absolute atomic E-state index is 14.0. The van der Waals surface area contributed by atoms with Crippen molar-refractivity contribution in [2.24, 2.45) is 10.8 Å². The minimum absolute atomic E-state index is 0. The molecule has 0 saturated heterocycles. The van der Waals surface area contributed by atoms with Crippen molar-refractivity contribution in [1.82, 2.24) is 0 Å². The Labute approximate surface area is 313 Å². The summed E-state index contributed by atoms with van der Waals surface area (Å²) in [5.74, 6) is 0.0743. The third-order valence-electron chi connectivity index (χ3n) is 5.56. The molecule has 2 rings (SSSR count). The third kappa shape index (κ3) is 18.7. The van der Waals surface area contributed by atoms with E-state index in [0.29, 0.717) is 17.1 Å². The van der Waals surface area contributed by atoms with E-state index in [-0.39, 0.29) is 88.3 Å². The van der Waals surface area contributed by atoms with Crippen molar-refractivity contribution < 1.29 is 59.9 Å². The van der Waals surface area contributed by atoms with Crippen molar-refractivity contribution in [3.8, 4) is 11.5 Å². The summed E-state index contributed by atoms with van der Waals surface area (Å²) >= 11 is 0. The molecule has 0 spiro atoms. The molecule has 1 N–H and O–H groups in total. The number of rotatable bonds is 16. The molecule has 0 unspecified atom stereocenters. The van der Waals surface area contributed by atoms with Gasteiger partial charge in [-0.2, -0.15) is 8.42 Å². The number of benzene rings is 2. The molecule has 254 valence electrons. The van der Waals surface area contributed by atoms with Crippen LogP contribution in [0, 0.1) is 10.8 Å². The first kappa shape index (κ1) is 42.5. The van der Waals surface area contributed by atoms with E-state index in [4.69, 9.17) is 32.7 Å². The predicted octanol–water partition coefficient (Wildman–Crippen LogP) is 6.56. The topological polar surface area (TPSA) is 170 Å². The van der Waals surface area contributed by atoms with Crippen LogP contribution in [0.25, 0.3) is 0 Å². The summed E-state index contributed by atoms with van der Waals surface area (Å²) < 4.78 is 83.8. The Morgan fingerprint density at radius 1 is 0.783 bits per heavy atom. The van der Waals surface area contributed by atoms with Crippen LogP contribution in [0.3, 0.4) is 0 Å². The molecule has 0 aliphatic rings. The normalized spacial score (nSPS) is 12.8. The Balaban J connectivity index is 0.0000106. The minimum atomic E-state index is -4.71. The summed E-state index contributed by atoms with van der Waals surface area (Å²) in [5.41, 5.74) is -1.52. The number of para-hydroxylation sites is 1. The van der Waals surface area contributed by atoms with Crippen LogP contribution in [0.15, 0.2) is 54.6 Å². The van der Waals surface area contributed by atoms with Gasteiger partial charge >= 0.3 is 71.3 Å². The van der Waals surface area contributed by atoms with Gasteiger partial charge in [0.05, 0.1) is 24.6 Å². The van der Waals surface area contributed by atoms with Crippen molar-refractivity contribution in [1.29, 1.82) is 0 Å². The fourth-order valence-corrected chi connectivity index (χ4v) is 6.77. The SMILES string of the molecule is CC(C)(C)COC(=O)OCOP(=O)(OCOC(=O)OCC(C)(C)C)[C@@H](CCc1cccc(Oc2ccccc2)c1)CS(=O)(=O)O.[KH]. The van der Waals surface area contributed by atoms with Gasteiger partial charge in [0.25, 0.3) is 10.1 Å². The number of hydrogen-bond donors (Lipinski definition) is 1. The van der Waals surface area contributed by atoms with E-state index in [2.05, 4.69) is 0 Å². The summed E-state index contributed by atoms with van der Waals surface area (Å²) in [4.78, 5) is 24.0. The summed E-state index contributed by atoms with van der Waals surface area (Å²) in [6.07, 6.45) is -2.25. The zero-order valence-corrected chi connectivity index (χ0v) is 28.1. The molecule has 0 aliphatic carbocycles. The van der Waals surface area contributed by atoms with E-state index in [1.165, 1.54) is 0 Å². The number of aryl methyl sites for hydroxylation is 1. The zero-order chi connectivity index (χ0) is 33.7. The Hall–Kier alpha value is -1.52. The first-order valence-electron chi connectivity index (χ1n) is 14.1. The van der Waals surface area contributed by atoms with E-state index in [9.17, 15) is 27.1 Å². The van der Waals surface area contributed by atoms with Gasteiger partial charge in [-0.05, 0) is 53.5 Å². The first-order chi connectivity index (χ1) is 20.8. The third-order valence-corrected chi connectivity index (χ3v) is 8.90. The van der Waals surface area contributed by atoms with Crippen molar-refractivity contribution >= 4 is 81.4 Å². The van der Waals surface area contributed by atoms with Crippen LogP contribution in [-0.2, 0) is 49.1 Å². The molecule has 0 amide bonds. The average molecular weight is 715 g/mol. The van der Waals surface area contributed by atoms with Crippen molar-refractivity contribution in [3.05, 3.63) is 60.2 Å². The molecular formula is C30H44KO13PS. The fraction of sp³-hybridized carbons (Fsp3) is 0.533. The van der Waals surface area contributed by atoms with E-state index in [0.717, 1.165) is 0 Å². The van der Waals surface area contributed by atoms with Crippen molar-refractivity contribution in [3.63, 3.8) is 0 Å². The first-order valence-corrected chi connectivity index (χ1v) is 17.3. The summed E-state index contributed by atoms with van der Waals surface area (Å²) in [6, 6.07) is 16.0. The average Bonchev–Trinajstić information content (AvgIpc) is 2.92. The Bertz CT molecular complexity index is 1350. The molecule has 13 nitrogen and oxygen atoms in total. The van der Waals surface area contributed by atoms with E-state index < -0.39 is 55.0 Å². The standard InChI is InChI=1S/C30H43O13PS.K.H/c1-29(2,3)19-37-27(31)39-21-41-44(33,42-22-40-28(32)38-20-30(4,5)6)26(18-45(34,35)36)16-15-23-11-10-14-25(17-23)43-24-12-8-7-9-13-24;;/h7-14,17,26H,15-16,18-22H2,1-6H3,(H,34,35,36);;/t26-;;/m0../s1. The van der Waals surface area contributed by atoms with Gasteiger partial charge in [-0.25, -0.2) is 9.59 Å². The molecule has 0 fully saturated rings. The molecule has 0 bridgehead atoms. The molecule has 0 saturated carbocycles. The monoisotopic (exact) mass is 714 g/mol. The Morgan fingerprint density at radius 2 is 1.28 bits per heavy atom. The van der Waals surface area contributed by atoms with Crippen LogP contribution in [0.5, 0.6) is 11.5 Å². The number of hydrogen-bond acceptors (Lipinski definition) is 12. The molecule has 0 aliphatic heterocycles. The van der Waals surface area contributed by atoms with E-state index >= 15 is 0 Å². The Kier molecular flexibility index (Phi) is 18.0. The molecular weight excluding hydrogens is 670 g/mol. The second-order valence-electron chi connectivity index (χ2n) is 12.5. The molecule has 2 aromatic rings. The van der Waals surface area contributed by atoms with Crippen LogP contribution in [0.4, 0.5) is 9.59 Å². The van der Waals surface area contributed by atoms with Gasteiger partial charge in [0, 0.05) is 0 Å². The van der Waals surface area contributed by atoms with Gasteiger partial charge in [0.15, 0.2) is 0 Å². The molecule has 0 radical (unpaired) electrons.